The van der Waals surface area contributed by atoms with E-state index in [1.165, 1.54) is 22.2 Å². The van der Waals surface area contributed by atoms with E-state index >= 15 is 0 Å². The molecular weight excluding hydrogens is 334 g/mol. The number of para-hydroxylation sites is 1. The van der Waals surface area contributed by atoms with E-state index in [9.17, 15) is 4.79 Å². The molecule has 0 radical (unpaired) electrons. The van der Waals surface area contributed by atoms with Crippen LogP contribution in [0.2, 0.25) is 0 Å². The number of aromatic nitrogens is 3. The molecule has 2 heterocycles. The van der Waals surface area contributed by atoms with Crippen LogP contribution in [0, 0.1) is 0 Å². The highest BCUT2D eigenvalue weighted by molar-refractivity contribution is 7.15. The Balaban J connectivity index is 1.48. The number of benzene rings is 1. The average molecular weight is 357 g/mol. The van der Waals surface area contributed by atoms with Gasteiger partial charge in [0.15, 0.2) is 0 Å². The summed E-state index contributed by atoms with van der Waals surface area (Å²) in [7, 11) is 1.95. The highest BCUT2D eigenvalue weighted by atomic mass is 32.1. The molecular formula is C18H23N5OS. The summed E-state index contributed by atoms with van der Waals surface area (Å²) in [4.78, 5) is 14.2. The third-order valence-corrected chi connectivity index (χ3v) is 4.89. The molecule has 25 heavy (non-hydrogen) atoms. The monoisotopic (exact) mass is 357 g/mol. The van der Waals surface area contributed by atoms with Crippen LogP contribution in [0.25, 0.3) is 10.9 Å². The summed E-state index contributed by atoms with van der Waals surface area (Å²) >= 11 is 1.45. The molecule has 0 unspecified atom stereocenters. The predicted octanol–water partition coefficient (Wildman–Crippen LogP) is 3.02. The van der Waals surface area contributed by atoms with E-state index in [4.69, 9.17) is 0 Å². The van der Waals surface area contributed by atoms with Crippen molar-refractivity contribution in [2.45, 2.75) is 26.3 Å². The molecule has 0 aliphatic carbocycles. The van der Waals surface area contributed by atoms with Crippen molar-refractivity contribution < 1.29 is 4.79 Å². The van der Waals surface area contributed by atoms with Gasteiger partial charge in [0.2, 0.25) is 11.0 Å². The molecule has 1 amide bonds. The van der Waals surface area contributed by atoms with Crippen molar-refractivity contribution in [3.63, 3.8) is 0 Å². The number of rotatable bonds is 8. The van der Waals surface area contributed by atoms with E-state index in [0.29, 0.717) is 11.7 Å². The number of hydrogen-bond donors (Lipinski definition) is 1. The number of anilines is 1. The van der Waals surface area contributed by atoms with Crippen molar-refractivity contribution in [3.05, 3.63) is 41.5 Å². The first-order valence-electron chi connectivity index (χ1n) is 8.50. The number of likely N-dealkylation sites (N-methyl/N-ethyl adjacent to an activating group) is 1. The number of hydrogen-bond acceptors (Lipinski definition) is 5. The molecule has 1 aromatic carbocycles. The topological polar surface area (TPSA) is 63.1 Å². The number of carbonyl (C=O) groups is 1. The number of aryl methyl sites for hydroxylation is 1. The quantitative estimate of drug-likeness (QED) is 0.673. The Morgan fingerprint density at radius 1 is 1.28 bits per heavy atom. The molecule has 2 aromatic heterocycles. The van der Waals surface area contributed by atoms with Gasteiger partial charge in [0.05, 0.1) is 6.54 Å². The summed E-state index contributed by atoms with van der Waals surface area (Å²) in [5.41, 5.74) is 1.22. The lowest BCUT2D eigenvalue weighted by Crippen LogP contribution is -2.32. The van der Waals surface area contributed by atoms with Crippen LogP contribution in [0.4, 0.5) is 5.13 Å². The van der Waals surface area contributed by atoms with Crippen LogP contribution in [0.5, 0.6) is 0 Å². The zero-order valence-corrected chi connectivity index (χ0v) is 15.4. The molecule has 3 aromatic rings. The first-order chi connectivity index (χ1) is 12.2. The number of nitrogens with zero attached hydrogens (tertiary/aromatic N) is 4. The van der Waals surface area contributed by atoms with Gasteiger partial charge in [0.25, 0.3) is 0 Å². The van der Waals surface area contributed by atoms with Crippen LogP contribution in [0.3, 0.4) is 0 Å². The Morgan fingerprint density at radius 2 is 2.12 bits per heavy atom. The lowest BCUT2D eigenvalue weighted by atomic mass is 10.2. The normalized spacial score (nSPS) is 11.3. The molecule has 0 saturated carbocycles. The highest BCUT2D eigenvalue weighted by Gasteiger charge is 2.11. The van der Waals surface area contributed by atoms with Crippen molar-refractivity contribution in [2.75, 3.05) is 25.5 Å². The van der Waals surface area contributed by atoms with E-state index in [1.807, 2.05) is 24.1 Å². The van der Waals surface area contributed by atoms with Crippen LogP contribution in [0.1, 0.15) is 18.4 Å². The minimum absolute atomic E-state index is 0.0564. The van der Waals surface area contributed by atoms with Gasteiger partial charge in [-0.25, -0.2) is 0 Å². The van der Waals surface area contributed by atoms with Crippen molar-refractivity contribution >= 4 is 33.3 Å². The summed E-state index contributed by atoms with van der Waals surface area (Å²) in [5.74, 6) is -0.0564. The zero-order chi connectivity index (χ0) is 17.6. The van der Waals surface area contributed by atoms with Crippen molar-refractivity contribution in [1.29, 1.82) is 0 Å². The minimum Gasteiger partial charge on any atom is -0.346 e. The van der Waals surface area contributed by atoms with Gasteiger partial charge in [-0.05, 0) is 31.0 Å². The van der Waals surface area contributed by atoms with Gasteiger partial charge in [-0.15, -0.1) is 10.2 Å². The third-order valence-electron chi connectivity index (χ3n) is 3.99. The summed E-state index contributed by atoms with van der Waals surface area (Å²) < 4.78 is 2.21. The van der Waals surface area contributed by atoms with Gasteiger partial charge in [-0.3, -0.25) is 15.0 Å². The Hall–Kier alpha value is -2.25. The van der Waals surface area contributed by atoms with E-state index in [-0.39, 0.29) is 5.91 Å². The number of fused-ring (bicyclic) bond motifs is 1. The smallest absolute Gasteiger partial charge is 0.240 e. The van der Waals surface area contributed by atoms with Crippen molar-refractivity contribution in [1.82, 2.24) is 19.7 Å². The maximum Gasteiger partial charge on any atom is 0.240 e. The zero-order valence-electron chi connectivity index (χ0n) is 14.6. The van der Waals surface area contributed by atoms with Crippen LogP contribution in [-0.4, -0.2) is 45.7 Å². The summed E-state index contributed by atoms with van der Waals surface area (Å²) in [6, 6.07) is 10.4. The van der Waals surface area contributed by atoms with Crippen molar-refractivity contribution in [3.8, 4) is 0 Å². The van der Waals surface area contributed by atoms with Gasteiger partial charge in [0.1, 0.15) is 5.01 Å². The second kappa shape index (κ2) is 8.22. The molecule has 0 atom stereocenters. The maximum absolute atomic E-state index is 12.1. The van der Waals surface area contributed by atoms with E-state index in [1.54, 1.807) is 0 Å². The highest BCUT2D eigenvalue weighted by Crippen LogP contribution is 2.17. The van der Waals surface area contributed by atoms with Gasteiger partial charge < -0.3 is 4.57 Å². The lowest BCUT2D eigenvalue weighted by molar-refractivity contribution is -0.117. The molecule has 6 nitrogen and oxygen atoms in total. The molecule has 0 aliphatic heterocycles. The fraction of sp³-hybridized carbons (Fsp3) is 0.389. The molecule has 0 fully saturated rings. The average Bonchev–Trinajstić information content (AvgIpc) is 3.20. The Morgan fingerprint density at radius 3 is 2.96 bits per heavy atom. The van der Waals surface area contributed by atoms with Gasteiger partial charge in [-0.1, -0.05) is 36.5 Å². The number of nitrogens with one attached hydrogen (secondary N) is 1. The molecule has 3 rings (SSSR count). The molecule has 132 valence electrons. The molecule has 0 saturated heterocycles. The SMILES string of the molecule is CCCc1nnc(NC(=O)CN(C)CCn2ccc3ccccc32)s1. The third kappa shape index (κ3) is 4.64. The molecule has 0 bridgehead atoms. The van der Waals surface area contributed by atoms with Crippen molar-refractivity contribution in [2.24, 2.45) is 0 Å². The van der Waals surface area contributed by atoms with Crippen LogP contribution < -0.4 is 5.32 Å². The first kappa shape index (κ1) is 17.6. The summed E-state index contributed by atoms with van der Waals surface area (Å²) in [6.45, 7) is 4.07. The maximum atomic E-state index is 12.1. The van der Waals surface area contributed by atoms with Crippen LogP contribution >= 0.6 is 11.3 Å². The number of carbonyl (C=O) groups excluding carboxylic acids is 1. The largest absolute Gasteiger partial charge is 0.346 e. The predicted molar refractivity (Wildman–Crippen MR) is 102 cm³/mol. The van der Waals surface area contributed by atoms with Crippen LogP contribution in [0.15, 0.2) is 36.5 Å². The fourth-order valence-electron chi connectivity index (χ4n) is 2.72. The second-order valence-electron chi connectivity index (χ2n) is 6.10. The molecule has 0 aliphatic rings. The van der Waals surface area contributed by atoms with E-state index < -0.39 is 0 Å². The van der Waals surface area contributed by atoms with Gasteiger partial charge in [-0.2, -0.15) is 0 Å². The van der Waals surface area contributed by atoms with Gasteiger partial charge >= 0.3 is 0 Å². The Bertz CT molecular complexity index is 841. The minimum atomic E-state index is -0.0564. The van der Waals surface area contributed by atoms with E-state index in [2.05, 4.69) is 51.4 Å². The standard InChI is InChI=1S/C18H23N5OS/c1-3-6-17-20-21-18(25-17)19-16(24)13-22(2)11-12-23-10-9-14-7-4-5-8-15(14)23/h4-5,7-10H,3,6,11-13H2,1-2H3,(H,19,21,24). The van der Waals surface area contributed by atoms with Crippen LogP contribution in [-0.2, 0) is 17.8 Å². The van der Waals surface area contributed by atoms with E-state index in [0.717, 1.165) is 30.9 Å². The molecule has 0 spiro atoms. The Kier molecular flexibility index (Phi) is 5.78. The van der Waals surface area contributed by atoms with Gasteiger partial charge in [0, 0.05) is 31.2 Å². The Labute approximate surface area is 151 Å². The first-order valence-corrected chi connectivity index (χ1v) is 9.32. The summed E-state index contributed by atoms with van der Waals surface area (Å²) in [6.07, 6.45) is 4.02. The lowest BCUT2D eigenvalue weighted by Gasteiger charge is -2.16. The molecule has 1 N–H and O–H groups in total. The fourth-order valence-corrected chi connectivity index (χ4v) is 3.57. The summed E-state index contributed by atoms with van der Waals surface area (Å²) in [5, 5.41) is 13.7. The second-order valence-corrected chi connectivity index (χ2v) is 7.17. The number of amides is 1. The molecule has 7 heteroatoms.